The highest BCUT2D eigenvalue weighted by molar-refractivity contribution is 5.45. The third-order valence-corrected chi connectivity index (χ3v) is 2.95. The first-order chi connectivity index (χ1) is 8.24. The molecular formula is C14H23FN2. The fourth-order valence-electron chi connectivity index (χ4n) is 1.87. The van der Waals surface area contributed by atoms with Gasteiger partial charge in [0.05, 0.1) is 0 Å². The molecule has 0 aliphatic rings. The third kappa shape index (κ3) is 5.68. The van der Waals surface area contributed by atoms with Crippen LogP contribution in [0.3, 0.4) is 0 Å². The van der Waals surface area contributed by atoms with Crippen LogP contribution in [0.4, 0.5) is 10.1 Å². The van der Waals surface area contributed by atoms with Gasteiger partial charge in [0.25, 0.3) is 0 Å². The van der Waals surface area contributed by atoms with Crippen LogP contribution in [0.15, 0.2) is 24.3 Å². The molecule has 0 atom stereocenters. The molecule has 0 unspecified atom stereocenters. The normalized spacial score (nSPS) is 10.5. The molecule has 0 heterocycles. The summed E-state index contributed by atoms with van der Waals surface area (Å²) in [6.45, 7) is 1.77. The number of hydrogen-bond donors (Lipinski definition) is 1. The minimum absolute atomic E-state index is 0.169. The van der Waals surface area contributed by atoms with Gasteiger partial charge in [-0.25, -0.2) is 4.39 Å². The SMILES string of the molecule is CN(CCCCCCCN)c1cccc(F)c1. The number of unbranched alkanes of at least 4 members (excludes halogenated alkanes) is 4. The highest BCUT2D eigenvalue weighted by atomic mass is 19.1. The summed E-state index contributed by atoms with van der Waals surface area (Å²) in [7, 11) is 2.01. The van der Waals surface area contributed by atoms with E-state index in [1.807, 2.05) is 13.1 Å². The molecule has 0 aliphatic carbocycles. The number of rotatable bonds is 8. The van der Waals surface area contributed by atoms with E-state index in [1.165, 1.54) is 25.3 Å². The van der Waals surface area contributed by atoms with E-state index in [1.54, 1.807) is 12.1 Å². The second kappa shape index (κ2) is 8.07. The average molecular weight is 238 g/mol. The molecule has 2 N–H and O–H groups in total. The van der Waals surface area contributed by atoms with Crippen LogP contribution in [0.1, 0.15) is 32.1 Å². The maximum atomic E-state index is 13.0. The van der Waals surface area contributed by atoms with Gasteiger partial charge in [-0.1, -0.05) is 25.3 Å². The second-order valence-corrected chi connectivity index (χ2v) is 4.46. The molecule has 0 spiro atoms. The molecule has 0 fully saturated rings. The first-order valence-electron chi connectivity index (χ1n) is 6.41. The Morgan fingerprint density at radius 3 is 2.53 bits per heavy atom. The van der Waals surface area contributed by atoms with Crippen LogP contribution in [0, 0.1) is 5.82 Å². The van der Waals surface area contributed by atoms with E-state index in [-0.39, 0.29) is 5.82 Å². The van der Waals surface area contributed by atoms with Crippen molar-refractivity contribution in [2.75, 3.05) is 25.0 Å². The van der Waals surface area contributed by atoms with Crippen LogP contribution in [0.25, 0.3) is 0 Å². The summed E-state index contributed by atoms with van der Waals surface area (Å²) < 4.78 is 13.0. The van der Waals surface area contributed by atoms with E-state index in [0.717, 1.165) is 31.6 Å². The van der Waals surface area contributed by atoms with E-state index in [9.17, 15) is 4.39 Å². The van der Waals surface area contributed by atoms with Gasteiger partial charge in [0.2, 0.25) is 0 Å². The number of nitrogens with zero attached hydrogens (tertiary/aromatic N) is 1. The molecule has 0 amide bonds. The van der Waals surface area contributed by atoms with E-state index in [4.69, 9.17) is 5.73 Å². The Labute approximate surface area is 104 Å². The lowest BCUT2D eigenvalue weighted by molar-refractivity contribution is 0.613. The van der Waals surface area contributed by atoms with E-state index in [2.05, 4.69) is 4.90 Å². The number of anilines is 1. The van der Waals surface area contributed by atoms with Crippen molar-refractivity contribution >= 4 is 5.69 Å². The van der Waals surface area contributed by atoms with Crippen molar-refractivity contribution in [2.24, 2.45) is 5.73 Å². The molecule has 3 heteroatoms. The molecule has 0 bridgehead atoms. The standard InChI is InChI=1S/C14H23FN2/c1-17(11-6-4-2-3-5-10-16)14-9-7-8-13(15)12-14/h7-9,12H,2-6,10-11,16H2,1H3. The molecule has 96 valence electrons. The zero-order valence-electron chi connectivity index (χ0n) is 10.7. The van der Waals surface area contributed by atoms with Crippen molar-refractivity contribution in [1.82, 2.24) is 0 Å². The van der Waals surface area contributed by atoms with E-state index in [0.29, 0.717) is 0 Å². The predicted octanol–water partition coefficient (Wildman–Crippen LogP) is 3.17. The lowest BCUT2D eigenvalue weighted by atomic mass is 10.1. The number of nitrogens with two attached hydrogens (primary N) is 1. The summed E-state index contributed by atoms with van der Waals surface area (Å²) in [6, 6.07) is 6.75. The van der Waals surface area contributed by atoms with Gasteiger partial charge >= 0.3 is 0 Å². The zero-order valence-corrected chi connectivity index (χ0v) is 10.7. The van der Waals surface area contributed by atoms with Crippen molar-refractivity contribution in [2.45, 2.75) is 32.1 Å². The lowest BCUT2D eigenvalue weighted by Gasteiger charge is -2.19. The van der Waals surface area contributed by atoms with E-state index < -0.39 is 0 Å². The Bertz CT molecular complexity index is 315. The minimum atomic E-state index is -0.169. The molecule has 0 radical (unpaired) electrons. The van der Waals surface area contributed by atoms with Crippen LogP contribution in [-0.4, -0.2) is 20.1 Å². The number of benzene rings is 1. The van der Waals surface area contributed by atoms with Gasteiger partial charge in [0, 0.05) is 19.3 Å². The van der Waals surface area contributed by atoms with E-state index >= 15 is 0 Å². The molecule has 0 saturated carbocycles. The predicted molar refractivity (Wildman–Crippen MR) is 71.8 cm³/mol. The average Bonchev–Trinajstić information content (AvgIpc) is 2.33. The molecule has 1 aromatic rings. The molecule has 0 aliphatic heterocycles. The molecular weight excluding hydrogens is 215 g/mol. The summed E-state index contributed by atoms with van der Waals surface area (Å²) in [6.07, 6.45) is 5.96. The fourth-order valence-corrected chi connectivity index (χ4v) is 1.87. The van der Waals surface area contributed by atoms with Crippen molar-refractivity contribution in [1.29, 1.82) is 0 Å². The molecule has 17 heavy (non-hydrogen) atoms. The zero-order chi connectivity index (χ0) is 12.5. The van der Waals surface area contributed by atoms with Gasteiger partial charge in [-0.3, -0.25) is 0 Å². The van der Waals surface area contributed by atoms with Crippen LogP contribution in [0.5, 0.6) is 0 Å². The fraction of sp³-hybridized carbons (Fsp3) is 0.571. The second-order valence-electron chi connectivity index (χ2n) is 4.46. The summed E-state index contributed by atoms with van der Waals surface area (Å²) in [5.41, 5.74) is 6.39. The van der Waals surface area contributed by atoms with Crippen LogP contribution < -0.4 is 10.6 Å². The first-order valence-corrected chi connectivity index (χ1v) is 6.41. The summed E-state index contributed by atoms with van der Waals surface area (Å²) in [5.74, 6) is -0.169. The largest absolute Gasteiger partial charge is 0.375 e. The molecule has 0 saturated heterocycles. The van der Waals surface area contributed by atoms with Gasteiger partial charge in [0.1, 0.15) is 5.82 Å². The van der Waals surface area contributed by atoms with Gasteiger partial charge in [-0.05, 0) is 37.6 Å². The Balaban J connectivity index is 2.19. The van der Waals surface area contributed by atoms with Crippen LogP contribution >= 0.6 is 0 Å². The molecule has 2 nitrogen and oxygen atoms in total. The lowest BCUT2D eigenvalue weighted by Crippen LogP contribution is -2.18. The Morgan fingerprint density at radius 1 is 1.12 bits per heavy atom. The summed E-state index contributed by atoms with van der Waals surface area (Å²) in [5, 5.41) is 0. The van der Waals surface area contributed by atoms with Crippen molar-refractivity contribution in [3.8, 4) is 0 Å². The minimum Gasteiger partial charge on any atom is -0.375 e. The first kappa shape index (κ1) is 14.0. The van der Waals surface area contributed by atoms with Gasteiger partial charge in [0.15, 0.2) is 0 Å². The van der Waals surface area contributed by atoms with Gasteiger partial charge in [-0.2, -0.15) is 0 Å². The van der Waals surface area contributed by atoms with Crippen LogP contribution in [-0.2, 0) is 0 Å². The maximum absolute atomic E-state index is 13.0. The van der Waals surface area contributed by atoms with Crippen molar-refractivity contribution in [3.05, 3.63) is 30.1 Å². The van der Waals surface area contributed by atoms with Gasteiger partial charge in [-0.15, -0.1) is 0 Å². The third-order valence-electron chi connectivity index (χ3n) is 2.95. The highest BCUT2D eigenvalue weighted by Crippen LogP contribution is 2.14. The topological polar surface area (TPSA) is 29.3 Å². The number of halogens is 1. The smallest absolute Gasteiger partial charge is 0.125 e. The Morgan fingerprint density at radius 2 is 1.82 bits per heavy atom. The molecule has 0 aromatic heterocycles. The Hall–Kier alpha value is -1.09. The summed E-state index contributed by atoms with van der Waals surface area (Å²) in [4.78, 5) is 2.10. The van der Waals surface area contributed by atoms with Crippen LogP contribution in [0.2, 0.25) is 0 Å². The maximum Gasteiger partial charge on any atom is 0.125 e. The van der Waals surface area contributed by atoms with Crippen molar-refractivity contribution in [3.63, 3.8) is 0 Å². The molecule has 1 aromatic carbocycles. The molecule has 1 rings (SSSR count). The quantitative estimate of drug-likeness (QED) is 0.705. The highest BCUT2D eigenvalue weighted by Gasteiger charge is 2.01. The number of hydrogen-bond acceptors (Lipinski definition) is 2. The van der Waals surface area contributed by atoms with Gasteiger partial charge < -0.3 is 10.6 Å². The monoisotopic (exact) mass is 238 g/mol. The Kier molecular flexibility index (Phi) is 6.63. The van der Waals surface area contributed by atoms with Crippen molar-refractivity contribution < 1.29 is 4.39 Å². The summed E-state index contributed by atoms with van der Waals surface area (Å²) >= 11 is 0.